The van der Waals surface area contributed by atoms with Crippen molar-refractivity contribution in [1.82, 2.24) is 5.48 Å². The zero-order valence-corrected chi connectivity index (χ0v) is 11.5. The highest BCUT2D eigenvalue weighted by Gasteiger charge is 2.12. The molecule has 106 valence electrons. The second-order valence-corrected chi connectivity index (χ2v) is 4.55. The van der Waals surface area contributed by atoms with E-state index in [0.717, 1.165) is 0 Å². The maximum atomic E-state index is 13.5. The van der Waals surface area contributed by atoms with E-state index in [1.54, 1.807) is 12.1 Å². The second-order valence-electron chi connectivity index (χ2n) is 4.14. The molecule has 2 aromatic carbocycles. The Morgan fingerprint density at radius 3 is 2.62 bits per heavy atom. The number of nitriles is 1. The van der Waals surface area contributed by atoms with Gasteiger partial charge in [0.25, 0.3) is 5.91 Å². The third-order valence-electron chi connectivity index (χ3n) is 2.67. The molecule has 0 saturated heterocycles. The minimum Gasteiger partial charge on any atom is -0.380 e. The number of nitrogens with one attached hydrogen (secondary N) is 1. The molecule has 0 spiro atoms. The molecule has 0 aliphatic rings. The van der Waals surface area contributed by atoms with Crippen molar-refractivity contribution < 1.29 is 14.0 Å². The summed E-state index contributed by atoms with van der Waals surface area (Å²) in [6.07, 6.45) is -0.234. The molecule has 4 nitrogen and oxygen atoms in total. The molecule has 0 aromatic heterocycles. The lowest BCUT2D eigenvalue weighted by Crippen LogP contribution is -2.28. The zero-order valence-electron chi connectivity index (χ0n) is 10.8. The normalized spacial score (nSPS) is 9.76. The van der Waals surface area contributed by atoms with E-state index in [1.165, 1.54) is 30.3 Å². The number of carbonyl (C=O) groups is 1. The number of carbonyl (C=O) groups excluding carboxylic acids is 1. The van der Waals surface area contributed by atoms with Gasteiger partial charge in [-0.3, -0.25) is 4.79 Å². The van der Waals surface area contributed by atoms with Gasteiger partial charge >= 0.3 is 0 Å². The quantitative estimate of drug-likeness (QED) is 0.883. The van der Waals surface area contributed by atoms with Crippen LogP contribution in [0.5, 0.6) is 5.75 Å². The number of nitrogens with zero attached hydrogens (tertiary/aromatic N) is 1. The van der Waals surface area contributed by atoms with E-state index >= 15 is 0 Å². The standard InChI is InChI=1S/C15H10ClFN2O2/c16-13-2-1-3-14(17)12(13)8-15(20)19-21-11-6-4-10(9-18)5-7-11/h1-7H,8H2,(H,19,20). The van der Waals surface area contributed by atoms with Gasteiger partial charge in [0, 0.05) is 10.6 Å². The average molecular weight is 305 g/mol. The number of amides is 1. The fourth-order valence-corrected chi connectivity index (χ4v) is 1.84. The van der Waals surface area contributed by atoms with Gasteiger partial charge in [-0.05, 0) is 36.4 Å². The van der Waals surface area contributed by atoms with Crippen molar-refractivity contribution in [3.63, 3.8) is 0 Å². The van der Waals surface area contributed by atoms with Crippen LogP contribution in [0, 0.1) is 17.1 Å². The van der Waals surface area contributed by atoms with E-state index in [4.69, 9.17) is 21.7 Å². The van der Waals surface area contributed by atoms with E-state index in [1.807, 2.05) is 6.07 Å². The van der Waals surface area contributed by atoms with Crippen molar-refractivity contribution >= 4 is 17.5 Å². The fourth-order valence-electron chi connectivity index (χ4n) is 1.61. The van der Waals surface area contributed by atoms with Crippen LogP contribution in [-0.2, 0) is 11.2 Å². The third kappa shape index (κ3) is 3.94. The monoisotopic (exact) mass is 304 g/mol. The van der Waals surface area contributed by atoms with Gasteiger partial charge in [-0.1, -0.05) is 17.7 Å². The van der Waals surface area contributed by atoms with Crippen molar-refractivity contribution in [3.8, 4) is 11.8 Å². The van der Waals surface area contributed by atoms with Gasteiger partial charge in [0.05, 0.1) is 18.1 Å². The van der Waals surface area contributed by atoms with Crippen LogP contribution in [0.25, 0.3) is 0 Å². The summed E-state index contributed by atoms with van der Waals surface area (Å²) in [5, 5.41) is 8.84. The molecule has 2 rings (SSSR count). The summed E-state index contributed by atoms with van der Waals surface area (Å²) < 4.78 is 13.5. The van der Waals surface area contributed by atoms with E-state index in [9.17, 15) is 9.18 Å². The number of benzene rings is 2. The van der Waals surface area contributed by atoms with Gasteiger partial charge in [-0.2, -0.15) is 10.7 Å². The number of rotatable bonds is 4. The molecule has 0 bridgehead atoms. The molecular formula is C15H10ClFN2O2. The van der Waals surface area contributed by atoms with E-state index in [-0.39, 0.29) is 17.0 Å². The molecule has 0 unspecified atom stereocenters. The number of halogens is 2. The Labute approximate surface area is 125 Å². The topological polar surface area (TPSA) is 62.1 Å². The number of hydroxylamine groups is 1. The first-order chi connectivity index (χ1) is 10.1. The van der Waals surface area contributed by atoms with E-state index in [0.29, 0.717) is 11.3 Å². The first-order valence-corrected chi connectivity index (χ1v) is 6.36. The van der Waals surface area contributed by atoms with Gasteiger partial charge in [-0.25, -0.2) is 4.39 Å². The first kappa shape index (κ1) is 14.8. The Hall–Kier alpha value is -2.58. The molecule has 2 aromatic rings. The highest BCUT2D eigenvalue weighted by atomic mass is 35.5. The van der Waals surface area contributed by atoms with Crippen molar-refractivity contribution in [2.24, 2.45) is 0 Å². The lowest BCUT2D eigenvalue weighted by atomic mass is 10.1. The molecule has 0 fully saturated rings. The lowest BCUT2D eigenvalue weighted by Gasteiger charge is -2.08. The highest BCUT2D eigenvalue weighted by Crippen LogP contribution is 2.19. The van der Waals surface area contributed by atoms with Crippen molar-refractivity contribution in [2.45, 2.75) is 6.42 Å². The van der Waals surface area contributed by atoms with Gasteiger partial charge in [-0.15, -0.1) is 0 Å². The smallest absolute Gasteiger partial charge is 0.257 e. The molecule has 1 N–H and O–H groups in total. The maximum Gasteiger partial charge on any atom is 0.257 e. The van der Waals surface area contributed by atoms with Gasteiger partial charge in [0.2, 0.25) is 0 Å². The zero-order chi connectivity index (χ0) is 15.2. The summed E-state index contributed by atoms with van der Waals surface area (Å²) in [6.45, 7) is 0. The van der Waals surface area contributed by atoms with Gasteiger partial charge in [0.15, 0.2) is 5.75 Å². The predicted molar refractivity (Wildman–Crippen MR) is 75.0 cm³/mol. The first-order valence-electron chi connectivity index (χ1n) is 5.99. The minimum absolute atomic E-state index is 0.111. The molecule has 6 heteroatoms. The highest BCUT2D eigenvalue weighted by molar-refractivity contribution is 6.31. The Bertz CT molecular complexity index is 676. The molecule has 0 atom stereocenters. The maximum absolute atomic E-state index is 13.5. The van der Waals surface area contributed by atoms with Crippen LogP contribution in [0.15, 0.2) is 42.5 Å². The van der Waals surface area contributed by atoms with Crippen molar-refractivity contribution in [1.29, 1.82) is 5.26 Å². The number of hydrogen-bond acceptors (Lipinski definition) is 3. The Balaban J connectivity index is 1.94. The molecule has 0 radical (unpaired) electrons. The third-order valence-corrected chi connectivity index (χ3v) is 3.02. The van der Waals surface area contributed by atoms with Gasteiger partial charge < -0.3 is 4.84 Å². The Morgan fingerprint density at radius 2 is 2.00 bits per heavy atom. The molecule has 1 amide bonds. The lowest BCUT2D eigenvalue weighted by molar-refractivity contribution is -0.127. The Kier molecular flexibility index (Phi) is 4.75. The molecule has 0 aliphatic heterocycles. The molecule has 0 heterocycles. The van der Waals surface area contributed by atoms with Crippen molar-refractivity contribution in [2.75, 3.05) is 0 Å². The largest absolute Gasteiger partial charge is 0.380 e. The summed E-state index contributed by atoms with van der Waals surface area (Å²) in [7, 11) is 0. The van der Waals surface area contributed by atoms with Crippen LogP contribution in [-0.4, -0.2) is 5.91 Å². The van der Waals surface area contributed by atoms with Crippen LogP contribution in [0.2, 0.25) is 5.02 Å². The summed E-state index contributed by atoms with van der Waals surface area (Å²) in [5.74, 6) is -0.718. The van der Waals surface area contributed by atoms with Gasteiger partial charge in [0.1, 0.15) is 5.82 Å². The van der Waals surface area contributed by atoms with Crippen LogP contribution in [0.1, 0.15) is 11.1 Å². The predicted octanol–water partition coefficient (Wildman–Crippen LogP) is 3.00. The minimum atomic E-state index is -0.545. The molecule has 0 saturated carbocycles. The Morgan fingerprint density at radius 1 is 1.29 bits per heavy atom. The summed E-state index contributed by atoms with van der Waals surface area (Å²) in [5.41, 5.74) is 2.78. The molecule has 21 heavy (non-hydrogen) atoms. The van der Waals surface area contributed by atoms with Crippen molar-refractivity contribution in [3.05, 3.63) is 64.4 Å². The van der Waals surface area contributed by atoms with Crippen LogP contribution >= 0.6 is 11.6 Å². The van der Waals surface area contributed by atoms with E-state index < -0.39 is 11.7 Å². The van der Waals surface area contributed by atoms with E-state index in [2.05, 4.69) is 5.48 Å². The summed E-state index contributed by atoms with van der Waals surface area (Å²) >= 11 is 5.83. The average Bonchev–Trinajstić information content (AvgIpc) is 2.49. The number of hydrogen-bond donors (Lipinski definition) is 1. The molecular weight excluding hydrogens is 295 g/mol. The summed E-state index contributed by atoms with van der Waals surface area (Å²) in [6, 6.07) is 12.3. The molecule has 0 aliphatic carbocycles. The van der Waals surface area contributed by atoms with Crippen LogP contribution in [0.4, 0.5) is 4.39 Å². The second kappa shape index (κ2) is 6.73. The fraction of sp³-hybridized carbons (Fsp3) is 0.0667. The summed E-state index contributed by atoms with van der Waals surface area (Å²) in [4.78, 5) is 16.7. The SMILES string of the molecule is N#Cc1ccc(ONC(=O)Cc2c(F)cccc2Cl)cc1. The van der Waals surface area contributed by atoms with Crippen LogP contribution < -0.4 is 10.3 Å². The van der Waals surface area contributed by atoms with Crippen LogP contribution in [0.3, 0.4) is 0 Å².